The number of Topliss-reactive ketones (excluding diaryl/α,β-unsaturated/α-hetero) is 2. The van der Waals surface area contributed by atoms with Gasteiger partial charge in [0, 0.05) is 29.1 Å². The average Bonchev–Trinajstić information content (AvgIpc) is 2.71. The van der Waals surface area contributed by atoms with Gasteiger partial charge in [0.1, 0.15) is 0 Å². The van der Waals surface area contributed by atoms with Gasteiger partial charge >= 0.3 is 0 Å². The molecular weight excluding hydrogens is 238 g/mol. The zero-order valence-corrected chi connectivity index (χ0v) is 10.4. The largest absolute Gasteiger partial charge is 0.288 e. The highest BCUT2D eigenvalue weighted by molar-refractivity contribution is 6.40. The number of benzene rings is 1. The third kappa shape index (κ3) is 1.63. The van der Waals surface area contributed by atoms with Crippen LogP contribution >= 0.6 is 0 Å². The smallest absolute Gasteiger partial charge is 0.198 e. The standard InChI is InChI=1S/C16H11NO2/c1-2-11-15(18)13-7-3-6-12(14(13)16(11)19)10-5-4-8-17-9-10/h2-9H,1H3. The van der Waals surface area contributed by atoms with Crippen molar-refractivity contribution in [2.45, 2.75) is 6.92 Å². The molecule has 1 aromatic heterocycles. The van der Waals surface area contributed by atoms with Crippen molar-refractivity contribution in [3.63, 3.8) is 0 Å². The normalized spacial score (nSPS) is 15.9. The molecule has 0 N–H and O–H groups in total. The summed E-state index contributed by atoms with van der Waals surface area (Å²) in [6, 6.07) is 9.04. The van der Waals surface area contributed by atoms with E-state index in [1.807, 2.05) is 18.2 Å². The Morgan fingerprint density at radius 2 is 1.79 bits per heavy atom. The van der Waals surface area contributed by atoms with Crippen molar-refractivity contribution in [1.29, 1.82) is 0 Å². The van der Waals surface area contributed by atoms with Gasteiger partial charge in [0.2, 0.25) is 0 Å². The minimum Gasteiger partial charge on any atom is -0.288 e. The fraction of sp³-hybridized carbons (Fsp3) is 0.0625. The van der Waals surface area contributed by atoms with Gasteiger partial charge in [0.25, 0.3) is 0 Å². The summed E-state index contributed by atoms with van der Waals surface area (Å²) >= 11 is 0. The molecule has 92 valence electrons. The van der Waals surface area contributed by atoms with Crippen LogP contribution in [0.5, 0.6) is 0 Å². The molecular formula is C16H11NO2. The van der Waals surface area contributed by atoms with Gasteiger partial charge in [-0.15, -0.1) is 0 Å². The molecule has 0 unspecified atom stereocenters. The summed E-state index contributed by atoms with van der Waals surface area (Å²) in [5.74, 6) is -0.379. The van der Waals surface area contributed by atoms with Gasteiger partial charge in [-0.3, -0.25) is 14.6 Å². The number of carbonyl (C=O) groups excluding carboxylic acids is 2. The molecule has 0 saturated carbocycles. The predicted molar refractivity (Wildman–Crippen MR) is 72.1 cm³/mol. The lowest BCUT2D eigenvalue weighted by Gasteiger charge is -2.05. The summed E-state index contributed by atoms with van der Waals surface area (Å²) in [6.07, 6.45) is 4.95. The first-order chi connectivity index (χ1) is 9.24. The number of ketones is 2. The van der Waals surface area contributed by atoms with Crippen LogP contribution in [-0.2, 0) is 0 Å². The van der Waals surface area contributed by atoms with E-state index in [-0.39, 0.29) is 17.1 Å². The SMILES string of the molecule is CC=C1C(=O)c2cccc(-c3cccnc3)c2C1=O. The van der Waals surface area contributed by atoms with Crippen molar-refractivity contribution < 1.29 is 9.59 Å². The molecule has 19 heavy (non-hydrogen) atoms. The molecule has 0 saturated heterocycles. The fourth-order valence-corrected chi connectivity index (χ4v) is 2.39. The van der Waals surface area contributed by atoms with Crippen LogP contribution in [0.4, 0.5) is 0 Å². The van der Waals surface area contributed by atoms with Crippen molar-refractivity contribution >= 4 is 11.6 Å². The topological polar surface area (TPSA) is 47.0 Å². The maximum Gasteiger partial charge on any atom is 0.198 e. The van der Waals surface area contributed by atoms with Crippen LogP contribution in [-0.4, -0.2) is 16.6 Å². The van der Waals surface area contributed by atoms with Gasteiger partial charge in [0.15, 0.2) is 11.6 Å². The summed E-state index contributed by atoms with van der Waals surface area (Å²) < 4.78 is 0. The van der Waals surface area contributed by atoms with Gasteiger partial charge < -0.3 is 0 Å². The van der Waals surface area contributed by atoms with Crippen molar-refractivity contribution in [1.82, 2.24) is 4.98 Å². The summed E-state index contributed by atoms with van der Waals surface area (Å²) in [6.45, 7) is 1.71. The molecule has 0 bridgehead atoms. The molecule has 1 aliphatic rings. The number of hydrogen-bond donors (Lipinski definition) is 0. The molecule has 3 rings (SSSR count). The number of pyridine rings is 1. The molecule has 3 heteroatoms. The summed E-state index contributed by atoms with van der Waals surface area (Å²) in [7, 11) is 0. The lowest BCUT2D eigenvalue weighted by molar-refractivity contribution is 0.0988. The Labute approximate surface area is 110 Å². The molecule has 0 spiro atoms. The Morgan fingerprint density at radius 1 is 1.00 bits per heavy atom. The Bertz CT molecular complexity index is 715. The van der Waals surface area contributed by atoms with Gasteiger partial charge in [-0.1, -0.05) is 30.3 Å². The second kappa shape index (κ2) is 4.28. The number of nitrogens with zero attached hydrogens (tertiary/aromatic N) is 1. The van der Waals surface area contributed by atoms with E-state index in [4.69, 9.17) is 0 Å². The van der Waals surface area contributed by atoms with Gasteiger partial charge in [-0.2, -0.15) is 0 Å². The number of rotatable bonds is 1. The first-order valence-electron chi connectivity index (χ1n) is 6.03. The van der Waals surface area contributed by atoms with Crippen LogP contribution in [0.25, 0.3) is 11.1 Å². The maximum absolute atomic E-state index is 12.3. The van der Waals surface area contributed by atoms with E-state index in [1.54, 1.807) is 37.5 Å². The van der Waals surface area contributed by atoms with E-state index >= 15 is 0 Å². The van der Waals surface area contributed by atoms with Crippen molar-refractivity contribution in [3.05, 3.63) is 65.5 Å². The van der Waals surface area contributed by atoms with Crippen molar-refractivity contribution in [3.8, 4) is 11.1 Å². The summed E-state index contributed by atoms with van der Waals surface area (Å²) in [5, 5.41) is 0. The monoisotopic (exact) mass is 249 g/mol. The molecule has 0 atom stereocenters. The molecule has 0 fully saturated rings. The zero-order chi connectivity index (χ0) is 13.4. The second-order valence-corrected chi connectivity index (χ2v) is 4.33. The van der Waals surface area contributed by atoms with Crippen LogP contribution in [0.3, 0.4) is 0 Å². The van der Waals surface area contributed by atoms with Crippen LogP contribution in [0.2, 0.25) is 0 Å². The molecule has 1 aromatic carbocycles. The van der Waals surface area contributed by atoms with E-state index in [2.05, 4.69) is 4.98 Å². The highest BCUT2D eigenvalue weighted by Crippen LogP contribution is 2.34. The Balaban J connectivity index is 2.29. The van der Waals surface area contributed by atoms with Crippen LogP contribution in [0, 0.1) is 0 Å². The summed E-state index contributed by atoms with van der Waals surface area (Å²) in [5.41, 5.74) is 2.85. The van der Waals surface area contributed by atoms with Gasteiger partial charge in [-0.05, 0) is 18.6 Å². The van der Waals surface area contributed by atoms with E-state index in [9.17, 15) is 9.59 Å². The third-order valence-electron chi connectivity index (χ3n) is 3.29. The number of aromatic nitrogens is 1. The molecule has 0 aliphatic heterocycles. The van der Waals surface area contributed by atoms with Gasteiger partial charge in [0.05, 0.1) is 5.57 Å². The van der Waals surface area contributed by atoms with E-state index in [0.29, 0.717) is 11.1 Å². The highest BCUT2D eigenvalue weighted by atomic mass is 16.2. The van der Waals surface area contributed by atoms with E-state index in [1.165, 1.54) is 0 Å². The van der Waals surface area contributed by atoms with Crippen LogP contribution < -0.4 is 0 Å². The molecule has 1 aliphatic carbocycles. The first-order valence-corrected chi connectivity index (χ1v) is 6.03. The minimum absolute atomic E-state index is 0.187. The Morgan fingerprint density at radius 3 is 2.47 bits per heavy atom. The highest BCUT2D eigenvalue weighted by Gasteiger charge is 2.34. The second-order valence-electron chi connectivity index (χ2n) is 4.33. The maximum atomic E-state index is 12.3. The fourth-order valence-electron chi connectivity index (χ4n) is 2.39. The number of hydrogen-bond acceptors (Lipinski definition) is 3. The molecule has 0 amide bonds. The minimum atomic E-state index is -0.193. The third-order valence-corrected chi connectivity index (χ3v) is 3.29. The quantitative estimate of drug-likeness (QED) is 0.576. The van der Waals surface area contributed by atoms with Gasteiger partial charge in [-0.25, -0.2) is 0 Å². The lowest BCUT2D eigenvalue weighted by Crippen LogP contribution is -2.00. The van der Waals surface area contributed by atoms with Crippen molar-refractivity contribution in [2.75, 3.05) is 0 Å². The average molecular weight is 249 g/mol. The predicted octanol–water partition coefficient (Wildman–Crippen LogP) is 3.07. The number of allylic oxidation sites excluding steroid dienone is 2. The lowest BCUT2D eigenvalue weighted by atomic mass is 9.97. The molecule has 1 heterocycles. The Hall–Kier alpha value is -2.55. The molecule has 3 nitrogen and oxygen atoms in total. The number of carbonyl (C=O) groups is 2. The number of fused-ring (bicyclic) bond motifs is 1. The van der Waals surface area contributed by atoms with Crippen LogP contribution in [0.15, 0.2) is 54.4 Å². The van der Waals surface area contributed by atoms with E-state index in [0.717, 1.165) is 11.1 Å². The first kappa shape index (κ1) is 11.5. The van der Waals surface area contributed by atoms with E-state index < -0.39 is 0 Å². The zero-order valence-electron chi connectivity index (χ0n) is 10.4. The van der Waals surface area contributed by atoms with Crippen LogP contribution in [0.1, 0.15) is 27.6 Å². The van der Waals surface area contributed by atoms with Crippen molar-refractivity contribution in [2.24, 2.45) is 0 Å². The molecule has 2 aromatic rings. The Kier molecular flexibility index (Phi) is 2.60. The molecule has 0 radical (unpaired) electrons. The summed E-state index contributed by atoms with van der Waals surface area (Å²) in [4.78, 5) is 28.5.